The van der Waals surface area contributed by atoms with Crippen LogP contribution in [0.3, 0.4) is 0 Å². The lowest BCUT2D eigenvalue weighted by molar-refractivity contribution is -0.129. The maximum Gasteiger partial charge on any atom is 0.237 e. The number of benzene rings is 1. The molecule has 1 atom stereocenters. The summed E-state index contributed by atoms with van der Waals surface area (Å²) in [5.41, 5.74) is 1.30. The normalized spacial score (nSPS) is 19.1. The van der Waals surface area contributed by atoms with Crippen molar-refractivity contribution < 1.29 is 4.79 Å². The molecule has 1 aliphatic rings. The van der Waals surface area contributed by atoms with Gasteiger partial charge in [-0.15, -0.1) is 11.6 Å². The van der Waals surface area contributed by atoms with E-state index in [-0.39, 0.29) is 11.8 Å². The fourth-order valence-corrected chi connectivity index (χ4v) is 2.90. The van der Waals surface area contributed by atoms with Crippen LogP contribution in [0.25, 0.3) is 0 Å². The van der Waals surface area contributed by atoms with Crippen molar-refractivity contribution in [1.82, 2.24) is 9.80 Å². The lowest BCUT2D eigenvalue weighted by Crippen LogP contribution is -2.42. The molecular weight excluding hydrogens is 260 g/mol. The summed E-state index contributed by atoms with van der Waals surface area (Å²) in [5, 5.41) is 0. The molecule has 104 valence electrons. The first kappa shape index (κ1) is 14.4. The summed E-state index contributed by atoms with van der Waals surface area (Å²) in [7, 11) is 2.11. The largest absolute Gasteiger partial charge is 0.337 e. The Hall–Kier alpha value is -1.06. The second-order valence-corrected chi connectivity index (χ2v) is 5.47. The number of hydrogen-bond donors (Lipinski definition) is 0. The summed E-state index contributed by atoms with van der Waals surface area (Å²) in [6.45, 7) is 2.69. The van der Waals surface area contributed by atoms with E-state index < -0.39 is 0 Å². The Bertz CT molecular complexity index is 410. The third kappa shape index (κ3) is 3.95. The zero-order valence-corrected chi connectivity index (χ0v) is 12.1. The summed E-state index contributed by atoms with van der Waals surface area (Å²) >= 11 is 5.66. The van der Waals surface area contributed by atoms with Crippen molar-refractivity contribution in [3.63, 3.8) is 0 Å². The van der Waals surface area contributed by atoms with E-state index in [0.29, 0.717) is 6.04 Å². The van der Waals surface area contributed by atoms with Crippen molar-refractivity contribution in [2.75, 3.05) is 26.0 Å². The quantitative estimate of drug-likeness (QED) is 0.773. The predicted molar refractivity (Wildman–Crippen MR) is 78.2 cm³/mol. The number of likely N-dealkylation sites (N-methyl/N-ethyl adjacent to an activating group) is 1. The van der Waals surface area contributed by atoms with Gasteiger partial charge in [-0.05, 0) is 25.5 Å². The van der Waals surface area contributed by atoms with Crippen LogP contribution in [0.4, 0.5) is 0 Å². The Kier molecular flexibility index (Phi) is 5.23. The summed E-state index contributed by atoms with van der Waals surface area (Å²) in [6, 6.07) is 10.7. The predicted octanol–water partition coefficient (Wildman–Crippen LogP) is 2.35. The van der Waals surface area contributed by atoms with Gasteiger partial charge in [-0.25, -0.2) is 0 Å². The van der Waals surface area contributed by atoms with Gasteiger partial charge in [-0.3, -0.25) is 4.79 Å². The molecule has 1 aromatic rings. The topological polar surface area (TPSA) is 23.6 Å². The van der Waals surface area contributed by atoms with Gasteiger partial charge in [-0.1, -0.05) is 30.3 Å². The molecule has 3 nitrogen and oxygen atoms in total. The summed E-state index contributed by atoms with van der Waals surface area (Å²) in [4.78, 5) is 16.0. The molecule has 0 aliphatic carbocycles. The van der Waals surface area contributed by atoms with Gasteiger partial charge >= 0.3 is 0 Å². The third-order valence-electron chi connectivity index (χ3n) is 3.63. The maximum atomic E-state index is 11.7. The van der Waals surface area contributed by atoms with Crippen molar-refractivity contribution in [2.24, 2.45) is 0 Å². The Labute approximate surface area is 120 Å². The number of nitrogens with zero attached hydrogens (tertiary/aromatic N) is 2. The van der Waals surface area contributed by atoms with Crippen molar-refractivity contribution in [3.8, 4) is 0 Å². The number of likely N-dealkylation sites (tertiary alicyclic amines) is 1. The number of hydrogen-bond acceptors (Lipinski definition) is 2. The molecule has 19 heavy (non-hydrogen) atoms. The minimum atomic E-state index is 0.0669. The Morgan fingerprint density at radius 3 is 2.84 bits per heavy atom. The van der Waals surface area contributed by atoms with E-state index in [1.165, 1.54) is 5.56 Å². The van der Waals surface area contributed by atoms with Crippen molar-refractivity contribution >= 4 is 17.5 Å². The molecule has 1 amide bonds. The Morgan fingerprint density at radius 1 is 1.42 bits per heavy atom. The third-order valence-corrected chi connectivity index (χ3v) is 3.86. The minimum absolute atomic E-state index is 0.0669. The number of amides is 1. The van der Waals surface area contributed by atoms with Gasteiger partial charge in [-0.2, -0.15) is 0 Å². The van der Waals surface area contributed by atoms with Crippen LogP contribution >= 0.6 is 11.6 Å². The van der Waals surface area contributed by atoms with Gasteiger partial charge in [0.15, 0.2) is 0 Å². The molecule has 0 N–H and O–H groups in total. The van der Waals surface area contributed by atoms with Crippen molar-refractivity contribution in [1.29, 1.82) is 0 Å². The first-order valence-corrected chi connectivity index (χ1v) is 7.32. The van der Waals surface area contributed by atoms with Gasteiger partial charge < -0.3 is 9.80 Å². The molecule has 0 bridgehead atoms. The van der Waals surface area contributed by atoms with Crippen LogP contribution in [0, 0.1) is 0 Å². The molecule has 4 heteroatoms. The van der Waals surface area contributed by atoms with Gasteiger partial charge in [0.25, 0.3) is 0 Å². The van der Waals surface area contributed by atoms with Crippen molar-refractivity contribution in [3.05, 3.63) is 35.9 Å². The molecule has 0 aromatic heterocycles. The van der Waals surface area contributed by atoms with Crippen LogP contribution in [0.2, 0.25) is 0 Å². The average molecular weight is 281 g/mol. The van der Waals surface area contributed by atoms with Gasteiger partial charge in [0, 0.05) is 25.7 Å². The number of carbonyl (C=O) groups is 1. The van der Waals surface area contributed by atoms with Gasteiger partial charge in [0.05, 0.1) is 0 Å². The molecule has 0 spiro atoms. The van der Waals surface area contributed by atoms with E-state index in [0.717, 1.165) is 32.5 Å². The van der Waals surface area contributed by atoms with E-state index >= 15 is 0 Å². The maximum absolute atomic E-state index is 11.7. The average Bonchev–Trinajstić information content (AvgIpc) is 2.87. The Morgan fingerprint density at radius 2 is 2.16 bits per heavy atom. The van der Waals surface area contributed by atoms with E-state index in [4.69, 9.17) is 11.6 Å². The summed E-state index contributed by atoms with van der Waals surface area (Å²) in [5.74, 6) is 0.163. The molecule has 1 heterocycles. The Balaban J connectivity index is 1.88. The zero-order valence-electron chi connectivity index (χ0n) is 11.4. The second-order valence-electron chi connectivity index (χ2n) is 5.20. The van der Waals surface area contributed by atoms with Crippen LogP contribution in [-0.4, -0.2) is 47.8 Å². The van der Waals surface area contributed by atoms with E-state index in [9.17, 15) is 4.79 Å². The van der Waals surface area contributed by atoms with Gasteiger partial charge in [0.1, 0.15) is 5.88 Å². The second kappa shape index (κ2) is 6.92. The lowest BCUT2D eigenvalue weighted by Gasteiger charge is -2.28. The summed E-state index contributed by atoms with van der Waals surface area (Å²) < 4.78 is 0. The van der Waals surface area contributed by atoms with Crippen LogP contribution in [0.1, 0.15) is 18.4 Å². The number of alkyl halides is 1. The molecule has 2 rings (SSSR count). The molecule has 1 fully saturated rings. The molecule has 1 saturated heterocycles. The molecule has 1 aliphatic heterocycles. The number of halogens is 1. The highest BCUT2D eigenvalue weighted by Crippen LogP contribution is 2.19. The monoisotopic (exact) mass is 280 g/mol. The lowest BCUT2D eigenvalue weighted by atomic mass is 10.2. The molecule has 1 aromatic carbocycles. The summed E-state index contributed by atoms with van der Waals surface area (Å²) in [6.07, 6.45) is 2.17. The van der Waals surface area contributed by atoms with Crippen LogP contribution in [0.15, 0.2) is 30.3 Å². The number of rotatable bonds is 5. The fourth-order valence-electron chi connectivity index (χ4n) is 2.75. The highest BCUT2D eigenvalue weighted by molar-refractivity contribution is 6.27. The van der Waals surface area contributed by atoms with E-state index in [1.54, 1.807) is 0 Å². The smallest absolute Gasteiger partial charge is 0.237 e. The fraction of sp³-hybridized carbons (Fsp3) is 0.533. The highest BCUT2D eigenvalue weighted by Gasteiger charge is 2.28. The molecule has 0 radical (unpaired) electrons. The van der Waals surface area contributed by atoms with E-state index in [2.05, 4.69) is 36.2 Å². The molecule has 0 saturated carbocycles. The van der Waals surface area contributed by atoms with E-state index in [1.807, 2.05) is 11.0 Å². The van der Waals surface area contributed by atoms with Crippen LogP contribution in [0.5, 0.6) is 0 Å². The van der Waals surface area contributed by atoms with Crippen LogP contribution in [-0.2, 0) is 11.3 Å². The SMILES string of the molecule is CN(Cc1ccccc1)CC1CCCN1C(=O)CCl. The zero-order chi connectivity index (χ0) is 13.7. The molecular formula is C15H21ClN2O. The standard InChI is InChI=1S/C15H21ClN2O/c1-17(11-13-6-3-2-4-7-13)12-14-8-5-9-18(14)15(19)10-16/h2-4,6-7,14H,5,8-12H2,1H3. The van der Waals surface area contributed by atoms with Gasteiger partial charge in [0.2, 0.25) is 5.91 Å². The van der Waals surface area contributed by atoms with Crippen molar-refractivity contribution in [2.45, 2.75) is 25.4 Å². The minimum Gasteiger partial charge on any atom is -0.337 e. The number of carbonyl (C=O) groups excluding carboxylic acids is 1. The first-order chi connectivity index (χ1) is 9.20. The molecule has 1 unspecified atom stereocenters. The highest BCUT2D eigenvalue weighted by atomic mass is 35.5. The van der Waals surface area contributed by atoms with Crippen LogP contribution < -0.4 is 0 Å². The first-order valence-electron chi connectivity index (χ1n) is 6.78.